The lowest BCUT2D eigenvalue weighted by atomic mass is 10.1. The molecule has 0 aliphatic rings. The third-order valence-corrected chi connectivity index (χ3v) is 4.73. The minimum atomic E-state index is -3.31. The summed E-state index contributed by atoms with van der Waals surface area (Å²) in [6, 6.07) is 14.0. The van der Waals surface area contributed by atoms with Crippen LogP contribution in [0.1, 0.15) is 18.1 Å². The van der Waals surface area contributed by atoms with E-state index in [0.29, 0.717) is 10.6 Å². The van der Waals surface area contributed by atoms with Gasteiger partial charge in [0.1, 0.15) is 0 Å². The minimum absolute atomic E-state index is 0.0148. The highest BCUT2D eigenvalue weighted by Crippen LogP contribution is 2.18. The highest BCUT2D eigenvalue weighted by atomic mass is 32.2. The Morgan fingerprint density at radius 2 is 1.42 bits per heavy atom. The van der Waals surface area contributed by atoms with Crippen LogP contribution >= 0.6 is 0 Å². The van der Waals surface area contributed by atoms with E-state index in [9.17, 15) is 8.42 Å². The maximum atomic E-state index is 12.2. The monoisotopic (exact) mass is 275 g/mol. The summed E-state index contributed by atoms with van der Waals surface area (Å²) in [5.74, 6) is 0.0148. The molecule has 0 aromatic heterocycles. The Morgan fingerprint density at radius 3 is 1.95 bits per heavy atom. The normalized spacial score (nSPS) is 11.4. The van der Waals surface area contributed by atoms with Crippen LogP contribution in [0, 0.1) is 0 Å². The summed E-state index contributed by atoms with van der Waals surface area (Å²) >= 11 is 0. The molecule has 0 radical (unpaired) electrons. The molecular weight excluding hydrogens is 258 g/mol. The molecule has 0 saturated heterocycles. The molecule has 4 heteroatoms. The Balaban J connectivity index is 2.23. The highest BCUT2D eigenvalue weighted by Gasteiger charge is 2.14. The minimum Gasteiger partial charge on any atom is -0.399 e. The molecule has 100 valence electrons. The average Bonchev–Trinajstić information content (AvgIpc) is 2.40. The van der Waals surface area contributed by atoms with Crippen molar-refractivity contribution in [1.29, 1.82) is 0 Å². The van der Waals surface area contributed by atoms with Crippen LogP contribution in [0.5, 0.6) is 0 Å². The zero-order valence-electron chi connectivity index (χ0n) is 10.8. The fraction of sp³-hybridized carbons (Fsp3) is 0.200. The molecule has 2 rings (SSSR count). The molecule has 0 unspecified atom stereocenters. The number of anilines is 1. The summed E-state index contributed by atoms with van der Waals surface area (Å²) in [6.07, 6.45) is 0.949. The second-order valence-electron chi connectivity index (χ2n) is 4.50. The molecule has 2 aromatic carbocycles. The van der Waals surface area contributed by atoms with E-state index < -0.39 is 9.84 Å². The Kier molecular flexibility index (Phi) is 3.90. The third kappa shape index (κ3) is 3.35. The number of benzene rings is 2. The standard InChI is InChI=1S/C15H17NO2S/c1-2-12-3-5-13(6-4-12)11-19(17,18)15-9-7-14(16)8-10-15/h3-10H,2,11,16H2,1H3. The predicted octanol–water partition coefficient (Wildman–Crippen LogP) is 2.81. The van der Waals surface area contributed by atoms with Crippen molar-refractivity contribution in [2.24, 2.45) is 0 Å². The van der Waals surface area contributed by atoms with Crippen molar-refractivity contribution in [2.75, 3.05) is 5.73 Å². The van der Waals surface area contributed by atoms with Gasteiger partial charge < -0.3 is 5.73 Å². The lowest BCUT2D eigenvalue weighted by molar-refractivity contribution is 0.595. The van der Waals surface area contributed by atoms with E-state index in [2.05, 4.69) is 6.92 Å². The van der Waals surface area contributed by atoms with Gasteiger partial charge in [-0.2, -0.15) is 0 Å². The van der Waals surface area contributed by atoms with Crippen molar-refractivity contribution in [3.8, 4) is 0 Å². The van der Waals surface area contributed by atoms with E-state index in [1.165, 1.54) is 5.56 Å². The van der Waals surface area contributed by atoms with E-state index in [1.54, 1.807) is 24.3 Å². The van der Waals surface area contributed by atoms with Crippen molar-refractivity contribution < 1.29 is 8.42 Å². The predicted molar refractivity (Wildman–Crippen MR) is 77.6 cm³/mol. The highest BCUT2D eigenvalue weighted by molar-refractivity contribution is 7.90. The third-order valence-electron chi connectivity index (χ3n) is 3.03. The molecule has 0 heterocycles. The molecule has 0 amide bonds. The van der Waals surface area contributed by atoms with Gasteiger partial charge in [-0.05, 0) is 41.8 Å². The second kappa shape index (κ2) is 5.45. The van der Waals surface area contributed by atoms with Crippen molar-refractivity contribution in [1.82, 2.24) is 0 Å². The van der Waals surface area contributed by atoms with Gasteiger partial charge in [0.15, 0.2) is 9.84 Å². The summed E-state index contributed by atoms with van der Waals surface area (Å²) in [5.41, 5.74) is 8.12. The zero-order valence-corrected chi connectivity index (χ0v) is 11.7. The van der Waals surface area contributed by atoms with Crippen LogP contribution in [0.2, 0.25) is 0 Å². The SMILES string of the molecule is CCc1ccc(CS(=O)(=O)c2ccc(N)cc2)cc1. The second-order valence-corrected chi connectivity index (χ2v) is 6.49. The molecule has 0 fully saturated rings. The zero-order chi connectivity index (χ0) is 13.9. The molecule has 0 aliphatic carbocycles. The Bertz CT molecular complexity index is 644. The topological polar surface area (TPSA) is 60.2 Å². The van der Waals surface area contributed by atoms with Crippen LogP contribution in [-0.2, 0) is 22.0 Å². The van der Waals surface area contributed by atoms with Crippen molar-refractivity contribution in [3.05, 3.63) is 59.7 Å². The summed E-state index contributed by atoms with van der Waals surface area (Å²) in [6.45, 7) is 2.07. The van der Waals surface area contributed by atoms with Crippen molar-refractivity contribution >= 4 is 15.5 Å². The molecule has 2 N–H and O–H groups in total. The fourth-order valence-corrected chi connectivity index (χ4v) is 3.20. The maximum absolute atomic E-state index is 12.2. The summed E-state index contributed by atoms with van der Waals surface area (Å²) in [7, 11) is -3.31. The number of rotatable bonds is 4. The molecule has 2 aromatic rings. The summed E-state index contributed by atoms with van der Waals surface area (Å²) in [4.78, 5) is 0.307. The van der Waals surface area contributed by atoms with E-state index in [1.807, 2.05) is 24.3 Å². The Morgan fingerprint density at radius 1 is 0.895 bits per heavy atom. The number of sulfone groups is 1. The molecule has 19 heavy (non-hydrogen) atoms. The van der Waals surface area contributed by atoms with Gasteiger partial charge >= 0.3 is 0 Å². The van der Waals surface area contributed by atoms with Gasteiger partial charge in [-0.3, -0.25) is 0 Å². The molecule has 0 atom stereocenters. The first-order valence-electron chi connectivity index (χ1n) is 6.17. The summed E-state index contributed by atoms with van der Waals surface area (Å²) in [5, 5.41) is 0. The quantitative estimate of drug-likeness (QED) is 0.873. The number of aryl methyl sites for hydroxylation is 1. The fourth-order valence-electron chi connectivity index (χ4n) is 1.85. The van der Waals surface area contributed by atoms with Crippen LogP contribution in [0.4, 0.5) is 5.69 Å². The van der Waals surface area contributed by atoms with Gasteiger partial charge in [-0.15, -0.1) is 0 Å². The number of hydrogen-bond donors (Lipinski definition) is 1. The molecule has 3 nitrogen and oxygen atoms in total. The number of nitrogen functional groups attached to an aromatic ring is 1. The van der Waals surface area contributed by atoms with Crippen LogP contribution in [0.3, 0.4) is 0 Å². The Hall–Kier alpha value is -1.81. The summed E-state index contributed by atoms with van der Waals surface area (Å²) < 4.78 is 24.5. The van der Waals surface area contributed by atoms with Crippen molar-refractivity contribution in [3.63, 3.8) is 0 Å². The van der Waals surface area contributed by atoms with Crippen LogP contribution in [0.25, 0.3) is 0 Å². The average molecular weight is 275 g/mol. The van der Waals surface area contributed by atoms with Gasteiger partial charge in [-0.25, -0.2) is 8.42 Å². The van der Waals surface area contributed by atoms with Crippen LogP contribution in [0.15, 0.2) is 53.4 Å². The molecule has 0 spiro atoms. The number of nitrogens with two attached hydrogens (primary N) is 1. The molecule has 0 saturated carbocycles. The molecule has 0 aliphatic heterocycles. The van der Waals surface area contributed by atoms with E-state index in [4.69, 9.17) is 5.73 Å². The van der Waals surface area contributed by atoms with Gasteiger partial charge in [0, 0.05) is 5.69 Å². The van der Waals surface area contributed by atoms with Gasteiger partial charge in [0.25, 0.3) is 0 Å². The van der Waals surface area contributed by atoms with Gasteiger partial charge in [0.2, 0.25) is 0 Å². The van der Waals surface area contributed by atoms with Gasteiger partial charge in [0.05, 0.1) is 10.6 Å². The first-order valence-corrected chi connectivity index (χ1v) is 7.82. The van der Waals surface area contributed by atoms with E-state index in [-0.39, 0.29) is 5.75 Å². The lowest BCUT2D eigenvalue weighted by Crippen LogP contribution is -2.05. The Labute approximate surface area is 114 Å². The lowest BCUT2D eigenvalue weighted by Gasteiger charge is -2.06. The van der Waals surface area contributed by atoms with Crippen molar-refractivity contribution in [2.45, 2.75) is 24.0 Å². The maximum Gasteiger partial charge on any atom is 0.182 e. The van der Waals surface area contributed by atoms with E-state index >= 15 is 0 Å². The molecular formula is C15H17NO2S. The van der Waals surface area contributed by atoms with E-state index in [0.717, 1.165) is 12.0 Å². The van der Waals surface area contributed by atoms with Gasteiger partial charge in [-0.1, -0.05) is 31.2 Å². The molecule has 0 bridgehead atoms. The number of hydrogen-bond acceptors (Lipinski definition) is 3. The first-order chi connectivity index (χ1) is 9.01. The van der Waals surface area contributed by atoms with Crippen LogP contribution in [-0.4, -0.2) is 8.42 Å². The van der Waals surface area contributed by atoms with Crippen LogP contribution < -0.4 is 5.73 Å². The largest absolute Gasteiger partial charge is 0.399 e. The smallest absolute Gasteiger partial charge is 0.182 e. The first kappa shape index (κ1) is 13.6.